The SMILES string of the molecule is O=C(O)CP.[H-].[K+]. The molecule has 0 aliphatic heterocycles. The summed E-state index contributed by atoms with van der Waals surface area (Å²) >= 11 is 0. The standard InChI is InChI=1S/C2H5O2P.K.H/c3-2(4)1-5;;/h1,5H2,(H,3,4);;/q;+1;-1. The van der Waals surface area contributed by atoms with Crippen molar-refractivity contribution in [2.75, 3.05) is 6.16 Å². The second-order valence-electron chi connectivity index (χ2n) is 0.598. The van der Waals surface area contributed by atoms with Gasteiger partial charge in [0.25, 0.3) is 0 Å². The van der Waals surface area contributed by atoms with Crippen molar-refractivity contribution in [2.24, 2.45) is 0 Å². The normalized spacial score (nSPS) is 6.17. The van der Waals surface area contributed by atoms with Crippen LogP contribution in [0.1, 0.15) is 1.43 Å². The number of carboxylic acid groups (broad SMARTS) is 1. The molecule has 0 aromatic heterocycles. The third kappa shape index (κ3) is 9.11. The first kappa shape index (κ1) is 10.5. The average molecular weight is 132 g/mol. The molecule has 0 saturated heterocycles. The maximum atomic E-state index is 9.35. The molecule has 0 heterocycles. The van der Waals surface area contributed by atoms with E-state index in [2.05, 4.69) is 9.24 Å². The number of carbonyl (C=O) groups is 1. The maximum absolute atomic E-state index is 9.35. The maximum Gasteiger partial charge on any atom is 1.00 e. The fourth-order valence-electron chi connectivity index (χ4n) is 0. The van der Waals surface area contributed by atoms with Gasteiger partial charge in [0.05, 0.1) is 6.16 Å². The zero-order chi connectivity index (χ0) is 4.28. The first-order chi connectivity index (χ1) is 2.27. The molecule has 0 saturated carbocycles. The minimum Gasteiger partial charge on any atom is -1.00 e. The molecular formula is C2H6KO2P. The van der Waals surface area contributed by atoms with E-state index in [9.17, 15) is 4.79 Å². The molecule has 0 aliphatic rings. The third-order valence-corrected chi connectivity index (χ3v) is 0.524. The first-order valence-electron chi connectivity index (χ1n) is 1.19. The van der Waals surface area contributed by atoms with Crippen molar-refractivity contribution in [3.05, 3.63) is 0 Å². The van der Waals surface area contributed by atoms with E-state index in [0.717, 1.165) is 0 Å². The van der Waals surface area contributed by atoms with Crippen molar-refractivity contribution in [3.63, 3.8) is 0 Å². The van der Waals surface area contributed by atoms with Gasteiger partial charge in [-0.3, -0.25) is 4.79 Å². The summed E-state index contributed by atoms with van der Waals surface area (Å²) in [5.41, 5.74) is 0. The zero-order valence-corrected chi connectivity index (χ0v) is 7.92. The van der Waals surface area contributed by atoms with Crippen molar-refractivity contribution >= 4 is 15.2 Å². The Morgan fingerprint density at radius 3 is 2.17 bits per heavy atom. The molecule has 6 heavy (non-hydrogen) atoms. The number of hydrogen-bond donors (Lipinski definition) is 1. The molecule has 0 fully saturated rings. The van der Waals surface area contributed by atoms with Gasteiger partial charge in [-0.25, -0.2) is 0 Å². The fraction of sp³-hybridized carbons (Fsp3) is 0.500. The van der Waals surface area contributed by atoms with E-state index in [0.29, 0.717) is 0 Å². The van der Waals surface area contributed by atoms with Crippen LogP contribution in [0.5, 0.6) is 0 Å². The van der Waals surface area contributed by atoms with Gasteiger partial charge in [-0.2, -0.15) is 0 Å². The van der Waals surface area contributed by atoms with Crippen LogP contribution in [0, 0.1) is 0 Å². The van der Waals surface area contributed by atoms with E-state index in [1.165, 1.54) is 0 Å². The van der Waals surface area contributed by atoms with Gasteiger partial charge < -0.3 is 6.53 Å². The summed E-state index contributed by atoms with van der Waals surface area (Å²) in [6.07, 6.45) is 0.139. The molecule has 0 amide bonds. The van der Waals surface area contributed by atoms with Crippen LogP contribution in [-0.4, -0.2) is 17.2 Å². The van der Waals surface area contributed by atoms with Gasteiger partial charge in [0.2, 0.25) is 0 Å². The summed E-state index contributed by atoms with van der Waals surface area (Å²) in [5.74, 6) is -0.782. The summed E-state index contributed by atoms with van der Waals surface area (Å²) in [6, 6.07) is 0. The molecule has 0 spiro atoms. The van der Waals surface area contributed by atoms with Gasteiger partial charge in [-0.05, 0) is 0 Å². The molecular weight excluding hydrogens is 126 g/mol. The molecule has 4 heteroatoms. The van der Waals surface area contributed by atoms with Crippen molar-refractivity contribution in [1.82, 2.24) is 0 Å². The van der Waals surface area contributed by atoms with E-state index in [1.54, 1.807) is 0 Å². The summed E-state index contributed by atoms with van der Waals surface area (Å²) in [4.78, 5) is 9.35. The summed E-state index contributed by atoms with van der Waals surface area (Å²) in [7, 11) is 2.09. The molecule has 0 radical (unpaired) electrons. The molecule has 0 aromatic carbocycles. The smallest absolute Gasteiger partial charge is 1.00 e. The number of hydrogen-bond acceptors (Lipinski definition) is 1. The van der Waals surface area contributed by atoms with Crippen LogP contribution in [0.25, 0.3) is 0 Å². The monoisotopic (exact) mass is 132 g/mol. The zero-order valence-electron chi connectivity index (χ0n) is 4.64. The second-order valence-corrected chi connectivity index (χ2v) is 1.01. The van der Waals surface area contributed by atoms with E-state index < -0.39 is 5.97 Å². The predicted octanol–water partition coefficient (Wildman–Crippen LogP) is -2.94. The molecule has 0 aliphatic carbocycles. The fourth-order valence-corrected chi connectivity index (χ4v) is 0. The van der Waals surface area contributed by atoms with E-state index in [-0.39, 0.29) is 59.0 Å². The predicted molar refractivity (Wildman–Crippen MR) is 23.3 cm³/mol. The van der Waals surface area contributed by atoms with Gasteiger partial charge >= 0.3 is 57.4 Å². The van der Waals surface area contributed by atoms with Gasteiger partial charge in [-0.15, -0.1) is 9.24 Å². The second kappa shape index (κ2) is 6.54. The Labute approximate surface area is 82.8 Å². The van der Waals surface area contributed by atoms with Gasteiger partial charge in [0.1, 0.15) is 0 Å². The Morgan fingerprint density at radius 2 is 2.17 bits per heavy atom. The van der Waals surface area contributed by atoms with Crippen molar-refractivity contribution in [2.45, 2.75) is 0 Å². The Bertz CT molecular complexity index is 51.0. The third-order valence-electron chi connectivity index (χ3n) is 0.175. The van der Waals surface area contributed by atoms with Gasteiger partial charge in [0, 0.05) is 0 Å². The van der Waals surface area contributed by atoms with E-state index in [4.69, 9.17) is 5.11 Å². The number of aliphatic carboxylic acids is 1. The Hall–Kier alpha value is 1.54. The number of carboxylic acids is 1. The minimum absolute atomic E-state index is 0. The molecule has 1 unspecified atom stereocenters. The molecule has 1 N–H and O–H groups in total. The Balaban J connectivity index is -0.0000000800. The molecule has 2 nitrogen and oxygen atoms in total. The molecule has 0 rings (SSSR count). The van der Waals surface area contributed by atoms with Gasteiger partial charge in [-0.1, -0.05) is 0 Å². The largest absolute Gasteiger partial charge is 1.00 e. The van der Waals surface area contributed by atoms with Crippen molar-refractivity contribution < 1.29 is 62.7 Å². The average Bonchev–Trinajstić information content (AvgIpc) is 1.38. The van der Waals surface area contributed by atoms with Crippen LogP contribution in [0.4, 0.5) is 0 Å². The number of rotatable bonds is 1. The van der Waals surface area contributed by atoms with Crippen LogP contribution in [0.2, 0.25) is 0 Å². The molecule has 1 atom stereocenters. The van der Waals surface area contributed by atoms with Gasteiger partial charge in [0.15, 0.2) is 0 Å². The minimum atomic E-state index is -0.782. The summed E-state index contributed by atoms with van der Waals surface area (Å²) in [5, 5.41) is 7.70. The summed E-state index contributed by atoms with van der Waals surface area (Å²) in [6.45, 7) is 0. The van der Waals surface area contributed by atoms with Crippen molar-refractivity contribution in [1.29, 1.82) is 0 Å². The molecule has 32 valence electrons. The Kier molecular flexibility index (Phi) is 11.4. The van der Waals surface area contributed by atoms with E-state index >= 15 is 0 Å². The van der Waals surface area contributed by atoms with E-state index in [1.807, 2.05) is 0 Å². The van der Waals surface area contributed by atoms with Crippen LogP contribution in [0.3, 0.4) is 0 Å². The Morgan fingerprint density at radius 1 is 2.00 bits per heavy atom. The van der Waals surface area contributed by atoms with Crippen LogP contribution in [0.15, 0.2) is 0 Å². The summed E-state index contributed by atoms with van der Waals surface area (Å²) < 4.78 is 0. The topological polar surface area (TPSA) is 37.3 Å². The molecule has 0 aromatic rings. The van der Waals surface area contributed by atoms with Crippen LogP contribution in [-0.2, 0) is 4.79 Å². The van der Waals surface area contributed by atoms with Crippen molar-refractivity contribution in [3.8, 4) is 0 Å². The first-order valence-corrected chi connectivity index (χ1v) is 2.01. The quantitative estimate of drug-likeness (QED) is 0.306. The molecule has 0 bridgehead atoms. The van der Waals surface area contributed by atoms with Crippen LogP contribution >= 0.6 is 9.24 Å². The van der Waals surface area contributed by atoms with Crippen LogP contribution < -0.4 is 51.4 Å².